The molecule has 0 saturated carbocycles. The van der Waals surface area contributed by atoms with Crippen LogP contribution < -0.4 is 10.2 Å². The summed E-state index contributed by atoms with van der Waals surface area (Å²) in [5.74, 6) is 0. The van der Waals surface area contributed by atoms with Gasteiger partial charge in [-0.2, -0.15) is 0 Å². The summed E-state index contributed by atoms with van der Waals surface area (Å²) in [5, 5.41) is 3.94. The van der Waals surface area contributed by atoms with E-state index >= 15 is 0 Å². The number of nitrogens with zero attached hydrogens (tertiary/aromatic N) is 2. The van der Waals surface area contributed by atoms with Crippen LogP contribution in [0.4, 0.5) is 5.69 Å². The van der Waals surface area contributed by atoms with Crippen LogP contribution in [0.5, 0.6) is 0 Å². The molecule has 0 amide bonds. The first-order valence-corrected chi connectivity index (χ1v) is 6.61. The van der Waals surface area contributed by atoms with E-state index < -0.39 is 0 Å². The van der Waals surface area contributed by atoms with Crippen LogP contribution >= 0.6 is 11.6 Å². The Hall–Kier alpha value is -1.58. The minimum atomic E-state index is 0.774. The van der Waals surface area contributed by atoms with Gasteiger partial charge in [0.05, 0.1) is 0 Å². The highest BCUT2D eigenvalue weighted by molar-refractivity contribution is 6.30. The Morgan fingerprint density at radius 3 is 2.89 bits per heavy atom. The molecule has 3 nitrogen and oxygen atoms in total. The number of halogens is 1. The maximum atomic E-state index is 6.02. The second-order valence-electron chi connectivity index (χ2n) is 4.52. The molecule has 0 fully saturated rings. The Balaban J connectivity index is 2.17. The van der Waals surface area contributed by atoms with Crippen LogP contribution in [-0.2, 0) is 13.1 Å². The number of pyridine rings is 1. The van der Waals surface area contributed by atoms with Crippen molar-refractivity contribution in [2.45, 2.75) is 13.1 Å². The lowest BCUT2D eigenvalue weighted by Crippen LogP contribution is -2.19. The molecule has 0 spiro atoms. The molecule has 2 aromatic rings. The minimum absolute atomic E-state index is 0.774. The van der Waals surface area contributed by atoms with Crippen molar-refractivity contribution in [3.8, 4) is 0 Å². The number of aromatic nitrogens is 1. The lowest BCUT2D eigenvalue weighted by atomic mass is 10.1. The number of rotatable bonds is 5. The van der Waals surface area contributed by atoms with Crippen molar-refractivity contribution in [1.82, 2.24) is 10.3 Å². The van der Waals surface area contributed by atoms with E-state index in [1.165, 1.54) is 16.8 Å². The maximum Gasteiger partial charge on any atom is 0.0443 e. The van der Waals surface area contributed by atoms with Gasteiger partial charge in [-0.1, -0.05) is 23.7 Å². The van der Waals surface area contributed by atoms with E-state index in [9.17, 15) is 0 Å². The minimum Gasteiger partial charge on any atom is -0.370 e. The monoisotopic (exact) mass is 275 g/mol. The molecule has 0 aliphatic rings. The molecule has 100 valence electrons. The smallest absolute Gasteiger partial charge is 0.0443 e. The summed E-state index contributed by atoms with van der Waals surface area (Å²) in [7, 11) is 4.02. The van der Waals surface area contributed by atoms with Crippen molar-refractivity contribution in [1.29, 1.82) is 0 Å². The first kappa shape index (κ1) is 13.8. The number of hydrogen-bond acceptors (Lipinski definition) is 3. The molecule has 0 unspecified atom stereocenters. The van der Waals surface area contributed by atoms with Gasteiger partial charge in [-0.15, -0.1) is 0 Å². The molecule has 0 aliphatic heterocycles. The molecule has 4 heteroatoms. The first-order chi connectivity index (χ1) is 9.20. The highest BCUT2D eigenvalue weighted by atomic mass is 35.5. The molecular weight excluding hydrogens is 258 g/mol. The normalized spacial score (nSPS) is 10.5. The van der Waals surface area contributed by atoms with E-state index in [0.29, 0.717) is 0 Å². The van der Waals surface area contributed by atoms with Crippen LogP contribution in [0.25, 0.3) is 0 Å². The third kappa shape index (κ3) is 3.69. The van der Waals surface area contributed by atoms with E-state index in [1.807, 2.05) is 43.7 Å². The molecule has 1 N–H and O–H groups in total. The van der Waals surface area contributed by atoms with Crippen LogP contribution in [-0.4, -0.2) is 19.1 Å². The van der Waals surface area contributed by atoms with Gasteiger partial charge in [0.1, 0.15) is 0 Å². The van der Waals surface area contributed by atoms with Gasteiger partial charge in [0.25, 0.3) is 0 Å². The van der Waals surface area contributed by atoms with Gasteiger partial charge in [-0.25, -0.2) is 0 Å². The Bertz CT molecular complexity index is 542. The molecule has 1 aromatic carbocycles. The molecule has 0 radical (unpaired) electrons. The molecule has 1 heterocycles. The van der Waals surface area contributed by atoms with Crippen molar-refractivity contribution < 1.29 is 0 Å². The molecular formula is C15H18ClN3. The Kier molecular flexibility index (Phi) is 4.77. The van der Waals surface area contributed by atoms with E-state index in [1.54, 1.807) is 0 Å². The largest absolute Gasteiger partial charge is 0.370 e. The van der Waals surface area contributed by atoms with E-state index in [4.69, 9.17) is 11.6 Å². The summed E-state index contributed by atoms with van der Waals surface area (Å²) in [4.78, 5) is 6.39. The zero-order valence-corrected chi connectivity index (χ0v) is 12.0. The summed E-state index contributed by atoms with van der Waals surface area (Å²) in [6.07, 6.45) is 3.73. The highest BCUT2D eigenvalue weighted by Crippen LogP contribution is 2.21. The summed E-state index contributed by atoms with van der Waals surface area (Å²) >= 11 is 6.02. The van der Waals surface area contributed by atoms with Crippen LogP contribution in [0, 0.1) is 0 Å². The van der Waals surface area contributed by atoms with Crippen molar-refractivity contribution in [2.75, 3.05) is 19.0 Å². The Labute approximate surface area is 119 Å². The van der Waals surface area contributed by atoms with Crippen molar-refractivity contribution in [3.05, 3.63) is 58.9 Å². The van der Waals surface area contributed by atoms with Crippen molar-refractivity contribution in [3.63, 3.8) is 0 Å². The molecule has 0 saturated heterocycles. The number of nitrogens with one attached hydrogen (secondary N) is 1. The number of anilines is 1. The molecule has 1 aromatic heterocycles. The predicted octanol–water partition coefficient (Wildman–Crippen LogP) is 3.09. The van der Waals surface area contributed by atoms with E-state index in [2.05, 4.69) is 28.3 Å². The van der Waals surface area contributed by atoms with Gasteiger partial charge >= 0.3 is 0 Å². The zero-order valence-electron chi connectivity index (χ0n) is 11.2. The summed E-state index contributed by atoms with van der Waals surface area (Å²) in [6, 6.07) is 9.99. The fourth-order valence-electron chi connectivity index (χ4n) is 2.11. The molecule has 2 rings (SSSR count). The standard InChI is InChI=1S/C15H18ClN3/c1-17-9-13-10-18-7-6-15(13)19(2)11-12-4-3-5-14(16)8-12/h3-8,10,17H,9,11H2,1-2H3. The summed E-state index contributed by atoms with van der Waals surface area (Å²) in [5.41, 5.74) is 3.57. The van der Waals surface area contributed by atoms with E-state index in [-0.39, 0.29) is 0 Å². The van der Waals surface area contributed by atoms with Crippen LogP contribution in [0.2, 0.25) is 5.02 Å². The van der Waals surface area contributed by atoms with Gasteiger partial charge in [-0.05, 0) is 30.8 Å². The van der Waals surface area contributed by atoms with Gasteiger partial charge in [0, 0.05) is 48.8 Å². The van der Waals surface area contributed by atoms with Gasteiger partial charge < -0.3 is 10.2 Å². The second kappa shape index (κ2) is 6.55. The van der Waals surface area contributed by atoms with E-state index in [0.717, 1.165) is 18.1 Å². The third-order valence-corrected chi connectivity index (χ3v) is 3.20. The van der Waals surface area contributed by atoms with Gasteiger partial charge in [-0.3, -0.25) is 4.98 Å². The lowest BCUT2D eigenvalue weighted by Gasteiger charge is -2.22. The fraction of sp³-hybridized carbons (Fsp3) is 0.267. The maximum absolute atomic E-state index is 6.02. The molecule has 0 atom stereocenters. The molecule has 19 heavy (non-hydrogen) atoms. The lowest BCUT2D eigenvalue weighted by molar-refractivity contribution is 0.800. The quantitative estimate of drug-likeness (QED) is 0.909. The Morgan fingerprint density at radius 2 is 2.16 bits per heavy atom. The molecule has 0 aliphatic carbocycles. The highest BCUT2D eigenvalue weighted by Gasteiger charge is 2.07. The van der Waals surface area contributed by atoms with Gasteiger partial charge in [0.2, 0.25) is 0 Å². The summed E-state index contributed by atoms with van der Waals surface area (Å²) in [6.45, 7) is 1.63. The van der Waals surface area contributed by atoms with Crippen LogP contribution in [0.1, 0.15) is 11.1 Å². The van der Waals surface area contributed by atoms with Crippen LogP contribution in [0.3, 0.4) is 0 Å². The van der Waals surface area contributed by atoms with Gasteiger partial charge in [0.15, 0.2) is 0 Å². The number of benzene rings is 1. The topological polar surface area (TPSA) is 28.2 Å². The van der Waals surface area contributed by atoms with Crippen molar-refractivity contribution >= 4 is 17.3 Å². The number of hydrogen-bond donors (Lipinski definition) is 1. The average Bonchev–Trinajstić information content (AvgIpc) is 2.39. The van der Waals surface area contributed by atoms with Crippen LogP contribution in [0.15, 0.2) is 42.7 Å². The average molecular weight is 276 g/mol. The Morgan fingerprint density at radius 1 is 1.32 bits per heavy atom. The van der Waals surface area contributed by atoms with Crippen molar-refractivity contribution in [2.24, 2.45) is 0 Å². The second-order valence-corrected chi connectivity index (χ2v) is 4.96. The molecule has 0 bridgehead atoms. The third-order valence-electron chi connectivity index (χ3n) is 2.97. The fourth-order valence-corrected chi connectivity index (χ4v) is 2.33. The predicted molar refractivity (Wildman–Crippen MR) is 80.6 cm³/mol. The first-order valence-electron chi connectivity index (χ1n) is 6.24. The SMILES string of the molecule is CNCc1cnccc1N(C)Cc1cccc(Cl)c1. The zero-order chi connectivity index (χ0) is 13.7. The summed E-state index contributed by atoms with van der Waals surface area (Å²) < 4.78 is 0.